The lowest BCUT2D eigenvalue weighted by Gasteiger charge is -2.29. The SMILES string of the molecule is CC(C)(C)C1CCCC(NCc2cccc(F)c2)CC1. The second-order valence-electron chi connectivity index (χ2n) is 7.28. The van der Waals surface area contributed by atoms with Crippen LogP contribution in [0.4, 0.5) is 4.39 Å². The maximum absolute atomic E-state index is 13.2. The molecule has 1 aliphatic carbocycles. The molecule has 20 heavy (non-hydrogen) atoms. The third kappa shape index (κ3) is 4.59. The van der Waals surface area contributed by atoms with Crippen molar-refractivity contribution in [2.24, 2.45) is 11.3 Å². The van der Waals surface area contributed by atoms with E-state index < -0.39 is 0 Å². The number of hydrogen-bond donors (Lipinski definition) is 1. The maximum Gasteiger partial charge on any atom is 0.123 e. The van der Waals surface area contributed by atoms with Gasteiger partial charge in [0.2, 0.25) is 0 Å². The Morgan fingerprint density at radius 1 is 1.15 bits per heavy atom. The van der Waals surface area contributed by atoms with Crippen molar-refractivity contribution in [3.8, 4) is 0 Å². The molecule has 2 atom stereocenters. The molecule has 1 nitrogen and oxygen atoms in total. The van der Waals surface area contributed by atoms with Crippen LogP contribution in [0.25, 0.3) is 0 Å². The molecule has 1 aromatic carbocycles. The Morgan fingerprint density at radius 3 is 2.65 bits per heavy atom. The first-order valence-electron chi connectivity index (χ1n) is 7.93. The Labute approximate surface area is 123 Å². The number of rotatable bonds is 3. The number of hydrogen-bond acceptors (Lipinski definition) is 1. The van der Waals surface area contributed by atoms with Crippen molar-refractivity contribution >= 4 is 0 Å². The summed E-state index contributed by atoms with van der Waals surface area (Å²) in [5, 5.41) is 3.61. The second kappa shape index (κ2) is 6.71. The lowest BCUT2D eigenvalue weighted by Crippen LogP contribution is -2.28. The van der Waals surface area contributed by atoms with E-state index in [1.165, 1.54) is 38.2 Å². The molecule has 1 aromatic rings. The van der Waals surface area contributed by atoms with Crippen LogP contribution in [0.1, 0.15) is 58.4 Å². The lowest BCUT2D eigenvalue weighted by molar-refractivity contribution is 0.213. The largest absolute Gasteiger partial charge is 0.310 e. The first kappa shape index (κ1) is 15.5. The van der Waals surface area contributed by atoms with E-state index in [1.54, 1.807) is 12.1 Å². The van der Waals surface area contributed by atoms with Gasteiger partial charge in [-0.2, -0.15) is 0 Å². The monoisotopic (exact) mass is 277 g/mol. The normalized spacial score (nSPS) is 24.4. The molecule has 2 rings (SSSR count). The fourth-order valence-electron chi connectivity index (χ4n) is 3.28. The summed E-state index contributed by atoms with van der Waals surface area (Å²) in [6, 6.07) is 7.50. The summed E-state index contributed by atoms with van der Waals surface area (Å²) in [7, 11) is 0. The molecule has 1 aliphatic rings. The van der Waals surface area contributed by atoms with Gasteiger partial charge in [0.1, 0.15) is 5.82 Å². The second-order valence-corrected chi connectivity index (χ2v) is 7.28. The molecule has 1 fully saturated rings. The van der Waals surface area contributed by atoms with Gasteiger partial charge in [0, 0.05) is 12.6 Å². The van der Waals surface area contributed by atoms with Crippen LogP contribution in [0.2, 0.25) is 0 Å². The van der Waals surface area contributed by atoms with E-state index in [-0.39, 0.29) is 5.82 Å². The van der Waals surface area contributed by atoms with Gasteiger partial charge in [-0.25, -0.2) is 4.39 Å². The molecule has 1 N–H and O–H groups in total. The van der Waals surface area contributed by atoms with Gasteiger partial charge < -0.3 is 5.32 Å². The fraction of sp³-hybridized carbons (Fsp3) is 0.667. The number of halogens is 1. The quantitative estimate of drug-likeness (QED) is 0.774. The molecular weight excluding hydrogens is 249 g/mol. The molecule has 2 heteroatoms. The zero-order valence-electron chi connectivity index (χ0n) is 13.1. The van der Waals surface area contributed by atoms with Crippen molar-refractivity contribution in [2.45, 2.75) is 65.5 Å². The standard InChI is InChI=1S/C18H28FN/c1-18(2,3)15-7-5-9-17(11-10-15)20-13-14-6-4-8-16(19)12-14/h4,6,8,12,15,17,20H,5,7,9-11,13H2,1-3H3. The van der Waals surface area contributed by atoms with Gasteiger partial charge in [-0.3, -0.25) is 0 Å². The molecule has 0 bridgehead atoms. The molecular formula is C18H28FN. The zero-order chi connectivity index (χ0) is 14.6. The summed E-state index contributed by atoms with van der Waals surface area (Å²) in [4.78, 5) is 0. The minimum Gasteiger partial charge on any atom is -0.310 e. The Morgan fingerprint density at radius 2 is 1.95 bits per heavy atom. The van der Waals surface area contributed by atoms with Crippen LogP contribution in [0.15, 0.2) is 24.3 Å². The number of nitrogens with one attached hydrogen (secondary N) is 1. The molecule has 0 aromatic heterocycles. The summed E-state index contributed by atoms with van der Waals surface area (Å²) in [6.45, 7) is 7.86. The Kier molecular flexibility index (Phi) is 5.20. The summed E-state index contributed by atoms with van der Waals surface area (Å²) in [5.41, 5.74) is 1.47. The molecule has 0 aliphatic heterocycles. The molecule has 0 saturated heterocycles. The first-order valence-corrected chi connectivity index (χ1v) is 7.93. The predicted molar refractivity (Wildman–Crippen MR) is 83.1 cm³/mol. The Bertz CT molecular complexity index is 422. The van der Waals surface area contributed by atoms with Crippen LogP contribution in [0.3, 0.4) is 0 Å². The van der Waals surface area contributed by atoms with Crippen molar-refractivity contribution in [1.29, 1.82) is 0 Å². The zero-order valence-corrected chi connectivity index (χ0v) is 13.1. The van der Waals surface area contributed by atoms with Crippen LogP contribution in [0.5, 0.6) is 0 Å². The summed E-state index contributed by atoms with van der Waals surface area (Å²) < 4.78 is 13.2. The highest BCUT2D eigenvalue weighted by atomic mass is 19.1. The smallest absolute Gasteiger partial charge is 0.123 e. The third-order valence-electron chi connectivity index (χ3n) is 4.68. The molecule has 112 valence electrons. The van der Waals surface area contributed by atoms with Crippen molar-refractivity contribution in [2.75, 3.05) is 0 Å². The van der Waals surface area contributed by atoms with Crippen LogP contribution in [0, 0.1) is 17.2 Å². The maximum atomic E-state index is 13.2. The van der Waals surface area contributed by atoms with E-state index in [1.807, 2.05) is 6.07 Å². The summed E-state index contributed by atoms with van der Waals surface area (Å²) in [5.74, 6) is 0.696. The average molecular weight is 277 g/mol. The molecule has 2 unspecified atom stereocenters. The van der Waals surface area contributed by atoms with Crippen molar-refractivity contribution in [1.82, 2.24) is 5.32 Å². The van der Waals surface area contributed by atoms with Crippen molar-refractivity contribution in [3.63, 3.8) is 0 Å². The van der Waals surface area contributed by atoms with Gasteiger partial charge in [-0.05, 0) is 54.7 Å². The topological polar surface area (TPSA) is 12.0 Å². The first-order chi connectivity index (χ1) is 9.45. The Balaban J connectivity index is 1.83. The predicted octanol–water partition coefficient (Wildman–Crippen LogP) is 4.91. The van der Waals surface area contributed by atoms with Crippen molar-refractivity contribution < 1.29 is 4.39 Å². The highest BCUT2D eigenvalue weighted by Crippen LogP contribution is 2.36. The summed E-state index contributed by atoms with van der Waals surface area (Å²) >= 11 is 0. The minimum atomic E-state index is -0.141. The van der Waals surface area contributed by atoms with E-state index in [0.717, 1.165) is 18.0 Å². The highest BCUT2D eigenvalue weighted by molar-refractivity contribution is 5.16. The highest BCUT2D eigenvalue weighted by Gasteiger charge is 2.27. The Hall–Kier alpha value is -0.890. The van der Waals surface area contributed by atoms with Gasteiger partial charge in [0.25, 0.3) is 0 Å². The van der Waals surface area contributed by atoms with Crippen LogP contribution < -0.4 is 5.32 Å². The molecule has 0 radical (unpaired) electrons. The molecule has 1 saturated carbocycles. The summed E-state index contributed by atoms with van der Waals surface area (Å²) in [6.07, 6.45) is 6.47. The molecule has 0 spiro atoms. The number of benzene rings is 1. The van der Waals surface area contributed by atoms with Gasteiger partial charge in [0.15, 0.2) is 0 Å². The van der Waals surface area contributed by atoms with E-state index in [0.29, 0.717) is 11.5 Å². The lowest BCUT2D eigenvalue weighted by atomic mass is 9.76. The van der Waals surface area contributed by atoms with E-state index in [9.17, 15) is 4.39 Å². The van der Waals surface area contributed by atoms with E-state index in [2.05, 4.69) is 26.1 Å². The van der Waals surface area contributed by atoms with Gasteiger partial charge in [-0.1, -0.05) is 39.3 Å². The van der Waals surface area contributed by atoms with E-state index >= 15 is 0 Å². The van der Waals surface area contributed by atoms with Crippen molar-refractivity contribution in [3.05, 3.63) is 35.6 Å². The minimum absolute atomic E-state index is 0.141. The van der Waals surface area contributed by atoms with Gasteiger partial charge in [0.05, 0.1) is 0 Å². The van der Waals surface area contributed by atoms with Gasteiger partial charge in [-0.15, -0.1) is 0 Å². The van der Waals surface area contributed by atoms with Crippen LogP contribution >= 0.6 is 0 Å². The average Bonchev–Trinajstić information content (AvgIpc) is 2.61. The molecule has 0 heterocycles. The van der Waals surface area contributed by atoms with Crippen LogP contribution in [-0.4, -0.2) is 6.04 Å². The third-order valence-corrected chi connectivity index (χ3v) is 4.68. The van der Waals surface area contributed by atoms with Gasteiger partial charge >= 0.3 is 0 Å². The van der Waals surface area contributed by atoms with Crippen LogP contribution in [-0.2, 0) is 6.54 Å². The molecule has 0 amide bonds. The fourth-order valence-corrected chi connectivity index (χ4v) is 3.28. The van der Waals surface area contributed by atoms with E-state index in [4.69, 9.17) is 0 Å².